The van der Waals surface area contributed by atoms with Crippen LogP contribution in [0.2, 0.25) is 5.02 Å². The van der Waals surface area contributed by atoms with E-state index >= 15 is 0 Å². The van der Waals surface area contributed by atoms with E-state index in [2.05, 4.69) is 5.32 Å². The van der Waals surface area contributed by atoms with Gasteiger partial charge in [-0.25, -0.2) is 4.79 Å². The Morgan fingerprint density at radius 2 is 2.14 bits per heavy atom. The van der Waals surface area contributed by atoms with E-state index < -0.39 is 5.54 Å². The summed E-state index contributed by atoms with van der Waals surface area (Å²) in [5.74, 6) is 1.45. The van der Waals surface area contributed by atoms with Crippen LogP contribution >= 0.6 is 34.7 Å². The Morgan fingerprint density at radius 3 is 2.86 bits per heavy atom. The van der Waals surface area contributed by atoms with Crippen molar-refractivity contribution >= 4 is 56.7 Å². The Morgan fingerprint density at radius 1 is 1.32 bits per heavy atom. The highest BCUT2D eigenvalue weighted by Gasteiger charge is 2.52. The molecule has 4 rings (SSSR count). The molecule has 1 aromatic heterocycles. The van der Waals surface area contributed by atoms with Crippen LogP contribution in [-0.2, 0) is 11.3 Å². The first-order valence-electron chi connectivity index (χ1n) is 6.98. The third-order valence-corrected chi connectivity index (χ3v) is 7.06. The molecule has 0 bridgehead atoms. The number of nitrogens with zero attached hydrogens (tertiary/aromatic N) is 1. The monoisotopic (exact) mass is 352 g/mol. The zero-order valence-electron chi connectivity index (χ0n) is 11.6. The lowest BCUT2D eigenvalue weighted by atomic mass is 9.99. The van der Waals surface area contributed by atoms with Crippen LogP contribution in [-0.4, -0.2) is 33.9 Å². The van der Waals surface area contributed by atoms with E-state index in [9.17, 15) is 9.59 Å². The molecule has 0 radical (unpaired) electrons. The molecule has 22 heavy (non-hydrogen) atoms. The average molecular weight is 353 g/mol. The highest BCUT2D eigenvalue weighted by atomic mass is 35.5. The highest BCUT2D eigenvalue weighted by Crippen LogP contribution is 2.38. The van der Waals surface area contributed by atoms with Crippen molar-refractivity contribution in [1.82, 2.24) is 10.2 Å². The Hall–Kier alpha value is -1.24. The molecule has 4 nitrogen and oxygen atoms in total. The number of amides is 3. The van der Waals surface area contributed by atoms with Gasteiger partial charge in [-0.2, -0.15) is 11.8 Å². The molecule has 1 atom stereocenters. The summed E-state index contributed by atoms with van der Waals surface area (Å²) < 4.78 is 1.07. The smallest absolute Gasteiger partial charge is 0.322 e. The minimum atomic E-state index is -0.690. The van der Waals surface area contributed by atoms with Crippen molar-refractivity contribution in [3.05, 3.63) is 34.2 Å². The fourth-order valence-corrected chi connectivity index (χ4v) is 5.77. The van der Waals surface area contributed by atoms with Crippen molar-refractivity contribution in [3.63, 3.8) is 0 Å². The van der Waals surface area contributed by atoms with Gasteiger partial charge in [0, 0.05) is 20.7 Å². The second-order valence-corrected chi connectivity index (χ2v) is 8.16. The van der Waals surface area contributed by atoms with Crippen LogP contribution in [0.5, 0.6) is 0 Å². The molecular formula is C15H13ClN2O2S2. The maximum absolute atomic E-state index is 12.7. The summed E-state index contributed by atoms with van der Waals surface area (Å²) in [5.41, 5.74) is -0.690. The number of carbonyl (C=O) groups excluding carboxylic acids is 2. The number of hydrogen-bond acceptors (Lipinski definition) is 4. The van der Waals surface area contributed by atoms with E-state index in [0.717, 1.165) is 20.7 Å². The Balaban J connectivity index is 1.66. The number of nitrogens with one attached hydrogen (secondary N) is 1. The van der Waals surface area contributed by atoms with Gasteiger partial charge in [-0.1, -0.05) is 29.8 Å². The van der Waals surface area contributed by atoms with Crippen molar-refractivity contribution in [2.45, 2.75) is 18.5 Å². The Kier molecular flexibility index (Phi) is 3.36. The van der Waals surface area contributed by atoms with Crippen LogP contribution in [0, 0.1) is 0 Å². The molecule has 2 saturated heterocycles. The maximum Gasteiger partial charge on any atom is 0.325 e. The van der Waals surface area contributed by atoms with Crippen LogP contribution < -0.4 is 5.32 Å². The van der Waals surface area contributed by atoms with Gasteiger partial charge in [0.1, 0.15) is 5.54 Å². The number of fused-ring (bicyclic) bond motifs is 1. The number of urea groups is 1. The van der Waals surface area contributed by atoms with Crippen LogP contribution in [0.4, 0.5) is 4.79 Å². The molecule has 0 aliphatic carbocycles. The standard InChI is InChI=1S/C15H13ClN2O2S2/c16-12-9-3-1-2-4-10(9)22-11(12)7-18-13(19)15(17-14(18)20)5-6-21-8-15/h1-4H,5-8H2,(H,17,20). The first-order valence-corrected chi connectivity index (χ1v) is 9.33. The van der Waals surface area contributed by atoms with Crippen LogP contribution in [0.15, 0.2) is 24.3 Å². The molecule has 3 amide bonds. The van der Waals surface area contributed by atoms with Gasteiger partial charge in [-0.15, -0.1) is 11.3 Å². The Labute approximate surface area is 140 Å². The number of imide groups is 1. The molecule has 114 valence electrons. The number of halogens is 1. The Bertz CT molecular complexity index is 783. The summed E-state index contributed by atoms with van der Waals surface area (Å²) >= 11 is 9.66. The number of thioether (sulfide) groups is 1. The fourth-order valence-electron chi connectivity index (χ4n) is 2.96. The molecule has 3 heterocycles. The van der Waals surface area contributed by atoms with Gasteiger partial charge in [-0.05, 0) is 18.2 Å². The molecule has 0 saturated carbocycles. The lowest BCUT2D eigenvalue weighted by Gasteiger charge is -2.19. The van der Waals surface area contributed by atoms with Crippen LogP contribution in [0.25, 0.3) is 10.1 Å². The molecule has 1 spiro atoms. The molecular weight excluding hydrogens is 340 g/mol. The second-order valence-electron chi connectivity index (χ2n) is 5.54. The van der Waals surface area contributed by atoms with Gasteiger partial charge in [0.15, 0.2) is 0 Å². The number of rotatable bonds is 2. The molecule has 1 N–H and O–H groups in total. The fraction of sp³-hybridized carbons (Fsp3) is 0.333. The minimum absolute atomic E-state index is 0.115. The number of thiophene rings is 1. The van der Waals surface area contributed by atoms with Crippen molar-refractivity contribution in [2.24, 2.45) is 0 Å². The van der Waals surface area contributed by atoms with E-state index in [1.807, 2.05) is 24.3 Å². The van der Waals surface area contributed by atoms with E-state index in [0.29, 0.717) is 17.2 Å². The SMILES string of the molecule is O=C1NC2(CCSC2)C(=O)N1Cc1sc2ccccc2c1Cl. The quantitative estimate of drug-likeness (QED) is 0.842. The molecule has 2 fully saturated rings. The summed E-state index contributed by atoms with van der Waals surface area (Å²) in [6.45, 7) is 0.245. The molecule has 7 heteroatoms. The predicted octanol–water partition coefficient (Wildman–Crippen LogP) is 3.48. The van der Waals surface area contributed by atoms with Gasteiger partial charge in [-0.3, -0.25) is 9.69 Å². The van der Waals surface area contributed by atoms with E-state index in [1.165, 1.54) is 16.2 Å². The number of carbonyl (C=O) groups is 2. The third-order valence-electron chi connectivity index (χ3n) is 4.17. The van der Waals surface area contributed by atoms with E-state index in [-0.39, 0.29) is 18.5 Å². The molecule has 2 aromatic rings. The number of hydrogen-bond donors (Lipinski definition) is 1. The average Bonchev–Trinajstić information content (AvgIpc) is 3.16. The lowest BCUT2D eigenvalue weighted by molar-refractivity contribution is -0.130. The summed E-state index contributed by atoms with van der Waals surface area (Å²) in [6.07, 6.45) is 0.707. The van der Waals surface area contributed by atoms with Crippen molar-refractivity contribution in [3.8, 4) is 0 Å². The zero-order chi connectivity index (χ0) is 15.3. The van der Waals surface area contributed by atoms with Gasteiger partial charge in [0.2, 0.25) is 0 Å². The number of benzene rings is 1. The third kappa shape index (κ3) is 2.05. The van der Waals surface area contributed by atoms with Crippen molar-refractivity contribution < 1.29 is 9.59 Å². The predicted molar refractivity (Wildman–Crippen MR) is 90.6 cm³/mol. The topological polar surface area (TPSA) is 49.4 Å². The van der Waals surface area contributed by atoms with Gasteiger partial charge >= 0.3 is 6.03 Å². The van der Waals surface area contributed by atoms with Crippen LogP contribution in [0.1, 0.15) is 11.3 Å². The maximum atomic E-state index is 12.7. The van der Waals surface area contributed by atoms with E-state index in [4.69, 9.17) is 11.6 Å². The molecule has 2 aliphatic rings. The first-order chi connectivity index (χ1) is 10.6. The largest absolute Gasteiger partial charge is 0.325 e. The molecule has 1 aromatic carbocycles. The highest BCUT2D eigenvalue weighted by molar-refractivity contribution is 7.99. The summed E-state index contributed by atoms with van der Waals surface area (Å²) in [6, 6.07) is 7.54. The van der Waals surface area contributed by atoms with Gasteiger partial charge in [0.25, 0.3) is 5.91 Å². The van der Waals surface area contributed by atoms with Crippen LogP contribution in [0.3, 0.4) is 0 Å². The first kappa shape index (κ1) is 14.4. The van der Waals surface area contributed by atoms with Crippen molar-refractivity contribution in [2.75, 3.05) is 11.5 Å². The zero-order valence-corrected chi connectivity index (χ0v) is 14.0. The lowest BCUT2D eigenvalue weighted by Crippen LogP contribution is -2.46. The molecule has 1 unspecified atom stereocenters. The van der Waals surface area contributed by atoms with Gasteiger partial charge < -0.3 is 5.32 Å². The summed E-state index contributed by atoms with van der Waals surface area (Å²) in [5, 5.41) is 4.50. The minimum Gasteiger partial charge on any atom is -0.322 e. The summed E-state index contributed by atoms with van der Waals surface area (Å²) in [7, 11) is 0. The second kappa shape index (κ2) is 5.15. The normalized spacial score (nSPS) is 24.7. The molecule has 2 aliphatic heterocycles. The van der Waals surface area contributed by atoms with E-state index in [1.54, 1.807) is 11.8 Å². The van der Waals surface area contributed by atoms with Crippen molar-refractivity contribution in [1.29, 1.82) is 0 Å². The van der Waals surface area contributed by atoms with Gasteiger partial charge in [0.05, 0.1) is 11.6 Å². The summed E-state index contributed by atoms with van der Waals surface area (Å²) in [4.78, 5) is 27.0.